The Morgan fingerprint density at radius 1 is 1.19 bits per heavy atom. The van der Waals surface area contributed by atoms with Crippen LogP contribution in [-0.4, -0.2) is 41.0 Å². The molecule has 2 aromatic heterocycles. The van der Waals surface area contributed by atoms with Gasteiger partial charge in [-0.2, -0.15) is 0 Å². The van der Waals surface area contributed by atoms with Crippen LogP contribution in [0.3, 0.4) is 0 Å². The van der Waals surface area contributed by atoms with E-state index in [9.17, 15) is 4.39 Å². The van der Waals surface area contributed by atoms with Gasteiger partial charge in [-0.15, -0.1) is 11.3 Å². The topological polar surface area (TPSA) is 32.3 Å². The molecular weight excluding hydrogens is 359 g/mol. The number of aryl methyl sites for hydroxylation is 1. The van der Waals surface area contributed by atoms with E-state index in [2.05, 4.69) is 32.8 Å². The summed E-state index contributed by atoms with van der Waals surface area (Å²) < 4.78 is 13.9. The zero-order valence-corrected chi connectivity index (χ0v) is 16.3. The largest absolute Gasteiger partial charge is 0.355 e. The van der Waals surface area contributed by atoms with Crippen LogP contribution in [0.1, 0.15) is 23.8 Å². The van der Waals surface area contributed by atoms with Crippen molar-refractivity contribution in [2.45, 2.75) is 26.3 Å². The van der Waals surface area contributed by atoms with Crippen molar-refractivity contribution < 1.29 is 4.39 Å². The number of halogens is 1. The van der Waals surface area contributed by atoms with Crippen molar-refractivity contribution >= 4 is 27.4 Å². The van der Waals surface area contributed by atoms with Gasteiger partial charge in [-0.3, -0.25) is 4.90 Å². The minimum Gasteiger partial charge on any atom is -0.355 e. The third-order valence-electron chi connectivity index (χ3n) is 5.92. The maximum Gasteiger partial charge on any atom is 0.140 e. The van der Waals surface area contributed by atoms with Gasteiger partial charge in [0.1, 0.15) is 22.8 Å². The molecule has 0 amide bonds. The van der Waals surface area contributed by atoms with Crippen LogP contribution in [0.2, 0.25) is 0 Å². The number of thiophene rings is 1. The molecule has 0 bridgehead atoms. The summed E-state index contributed by atoms with van der Waals surface area (Å²) in [5, 5.41) is 1.19. The number of hydrogen-bond acceptors (Lipinski definition) is 5. The van der Waals surface area contributed by atoms with Gasteiger partial charge in [0, 0.05) is 48.6 Å². The Kier molecular flexibility index (Phi) is 4.13. The lowest BCUT2D eigenvalue weighted by Crippen LogP contribution is -2.57. The van der Waals surface area contributed by atoms with E-state index in [0.29, 0.717) is 12.0 Å². The molecule has 0 unspecified atom stereocenters. The van der Waals surface area contributed by atoms with E-state index in [1.54, 1.807) is 29.8 Å². The Morgan fingerprint density at radius 2 is 2.04 bits per heavy atom. The molecule has 6 heteroatoms. The molecule has 1 spiro atoms. The second-order valence-electron chi connectivity index (χ2n) is 7.89. The van der Waals surface area contributed by atoms with E-state index in [1.807, 2.05) is 12.1 Å². The lowest BCUT2D eigenvalue weighted by atomic mass is 9.79. The summed E-state index contributed by atoms with van der Waals surface area (Å²) in [4.78, 5) is 16.3. The summed E-state index contributed by atoms with van der Waals surface area (Å²) in [7, 11) is 0. The van der Waals surface area contributed by atoms with Crippen molar-refractivity contribution in [2.75, 3.05) is 31.1 Å². The molecule has 5 rings (SSSR count). The fourth-order valence-corrected chi connectivity index (χ4v) is 5.50. The smallest absolute Gasteiger partial charge is 0.140 e. The van der Waals surface area contributed by atoms with Gasteiger partial charge in [0.15, 0.2) is 0 Å². The molecule has 1 aromatic carbocycles. The van der Waals surface area contributed by atoms with Gasteiger partial charge in [0.2, 0.25) is 0 Å². The normalized spacial score (nSPS) is 19.1. The van der Waals surface area contributed by atoms with Gasteiger partial charge in [-0.25, -0.2) is 14.4 Å². The van der Waals surface area contributed by atoms with E-state index >= 15 is 0 Å². The molecule has 2 aliphatic heterocycles. The summed E-state index contributed by atoms with van der Waals surface area (Å²) in [6.07, 6.45) is 3.91. The number of hydrogen-bond donors (Lipinski definition) is 0. The number of rotatable bonds is 4. The van der Waals surface area contributed by atoms with Crippen LogP contribution in [0.25, 0.3) is 10.2 Å². The minimum atomic E-state index is -0.0981. The maximum absolute atomic E-state index is 13.9. The first-order chi connectivity index (χ1) is 13.2. The zero-order chi connectivity index (χ0) is 18.4. The predicted molar refractivity (Wildman–Crippen MR) is 108 cm³/mol. The summed E-state index contributed by atoms with van der Waals surface area (Å²) in [6, 6.07) is 9.36. The van der Waals surface area contributed by atoms with Gasteiger partial charge < -0.3 is 4.90 Å². The van der Waals surface area contributed by atoms with E-state index in [1.165, 1.54) is 16.7 Å². The third kappa shape index (κ3) is 3.01. The highest BCUT2D eigenvalue weighted by Crippen LogP contribution is 2.43. The highest BCUT2D eigenvalue weighted by molar-refractivity contribution is 7.18. The second kappa shape index (κ2) is 6.53. The molecule has 0 saturated carbocycles. The molecule has 4 heterocycles. The number of anilines is 1. The van der Waals surface area contributed by atoms with E-state index in [-0.39, 0.29) is 5.82 Å². The Morgan fingerprint density at radius 3 is 2.85 bits per heavy atom. The molecule has 2 fully saturated rings. The quantitative estimate of drug-likeness (QED) is 0.680. The minimum absolute atomic E-state index is 0.0981. The van der Waals surface area contributed by atoms with Gasteiger partial charge in [-0.1, -0.05) is 25.1 Å². The van der Waals surface area contributed by atoms with Crippen molar-refractivity contribution in [1.82, 2.24) is 14.9 Å². The molecular formula is C21H23FN4S. The van der Waals surface area contributed by atoms with Crippen molar-refractivity contribution in [3.63, 3.8) is 0 Å². The Bertz CT molecular complexity index is 979. The molecule has 140 valence electrons. The number of fused-ring (bicyclic) bond motifs is 1. The lowest BCUT2D eigenvalue weighted by Gasteiger charge is -2.48. The summed E-state index contributed by atoms with van der Waals surface area (Å²) in [5.74, 6) is 0.986. The Balaban J connectivity index is 1.29. The molecule has 0 radical (unpaired) electrons. The summed E-state index contributed by atoms with van der Waals surface area (Å²) in [6.45, 7) is 7.03. The van der Waals surface area contributed by atoms with Crippen LogP contribution >= 0.6 is 11.3 Å². The number of likely N-dealkylation sites (tertiary alicyclic amines) is 1. The van der Waals surface area contributed by atoms with Crippen molar-refractivity contribution in [3.8, 4) is 0 Å². The average molecular weight is 383 g/mol. The number of aromatic nitrogens is 2. The SMILES string of the molecule is CCc1cc2c(N3CCC4(CN(Cc5ccccc5F)C4)C3)ncnc2s1. The van der Waals surface area contributed by atoms with Gasteiger partial charge in [0.05, 0.1) is 5.39 Å². The van der Waals surface area contributed by atoms with Crippen molar-refractivity contribution in [3.05, 3.63) is 52.9 Å². The predicted octanol–water partition coefficient (Wildman–Crippen LogP) is 4.11. The van der Waals surface area contributed by atoms with Crippen LogP contribution in [0, 0.1) is 11.2 Å². The summed E-state index contributed by atoms with van der Waals surface area (Å²) in [5.41, 5.74) is 1.12. The second-order valence-corrected chi connectivity index (χ2v) is 9.01. The Labute approximate surface area is 162 Å². The molecule has 0 aliphatic carbocycles. The van der Waals surface area contributed by atoms with Gasteiger partial charge in [-0.05, 0) is 25.0 Å². The first kappa shape index (κ1) is 17.1. The van der Waals surface area contributed by atoms with Crippen LogP contribution in [0.15, 0.2) is 36.7 Å². The monoisotopic (exact) mass is 382 g/mol. The molecule has 27 heavy (non-hydrogen) atoms. The number of benzene rings is 1. The zero-order valence-electron chi connectivity index (χ0n) is 15.5. The fourth-order valence-electron chi connectivity index (χ4n) is 4.57. The fraction of sp³-hybridized carbons (Fsp3) is 0.429. The molecule has 2 saturated heterocycles. The third-order valence-corrected chi connectivity index (χ3v) is 7.10. The standard InChI is InChI=1S/C21H23FN4S/c1-2-16-9-17-19(23-14-24-20(17)27-16)26-8-7-21(13-26)11-25(12-21)10-15-5-3-4-6-18(15)22/h3-6,9,14H,2,7-8,10-13H2,1H3. The maximum atomic E-state index is 13.9. The van der Waals surface area contributed by atoms with Crippen LogP contribution in [0.4, 0.5) is 10.2 Å². The van der Waals surface area contributed by atoms with E-state index < -0.39 is 0 Å². The molecule has 0 N–H and O–H groups in total. The van der Waals surface area contributed by atoms with E-state index in [0.717, 1.165) is 48.8 Å². The first-order valence-electron chi connectivity index (χ1n) is 9.60. The van der Waals surface area contributed by atoms with Crippen molar-refractivity contribution in [1.29, 1.82) is 0 Å². The summed E-state index contributed by atoms with van der Waals surface area (Å²) >= 11 is 1.77. The number of nitrogens with zero attached hydrogens (tertiary/aromatic N) is 4. The lowest BCUT2D eigenvalue weighted by molar-refractivity contribution is 0.0109. The van der Waals surface area contributed by atoms with Crippen LogP contribution in [-0.2, 0) is 13.0 Å². The van der Waals surface area contributed by atoms with Crippen molar-refractivity contribution in [2.24, 2.45) is 5.41 Å². The van der Waals surface area contributed by atoms with Gasteiger partial charge in [0.25, 0.3) is 0 Å². The molecule has 3 aromatic rings. The molecule has 4 nitrogen and oxygen atoms in total. The molecule has 2 aliphatic rings. The van der Waals surface area contributed by atoms with Crippen LogP contribution in [0.5, 0.6) is 0 Å². The Hall–Kier alpha value is -2.05. The average Bonchev–Trinajstić information content (AvgIpc) is 3.27. The van der Waals surface area contributed by atoms with E-state index in [4.69, 9.17) is 0 Å². The highest BCUT2D eigenvalue weighted by atomic mass is 32.1. The first-order valence-corrected chi connectivity index (χ1v) is 10.4. The molecule has 0 atom stereocenters. The highest BCUT2D eigenvalue weighted by Gasteiger charge is 2.48. The van der Waals surface area contributed by atoms with Gasteiger partial charge >= 0.3 is 0 Å². The van der Waals surface area contributed by atoms with Crippen LogP contribution < -0.4 is 4.90 Å².